The van der Waals surface area contributed by atoms with Crippen LogP contribution < -0.4 is 0 Å². The van der Waals surface area contributed by atoms with Crippen LogP contribution in [0.3, 0.4) is 0 Å². The van der Waals surface area contributed by atoms with Crippen LogP contribution >= 0.6 is 0 Å². The SMILES string of the molecule is c1ccc(-n2cnc3ccccc32)c(-c2cc(-n3c(-c4ccncc4)nc4ccccc43)cc(-n3c(-c4ccncc4)nc4ccccc43)c2)c1. The van der Waals surface area contributed by atoms with Gasteiger partial charge in [-0.15, -0.1) is 0 Å². The van der Waals surface area contributed by atoms with E-state index in [1.807, 2.05) is 79.6 Å². The summed E-state index contributed by atoms with van der Waals surface area (Å²) in [4.78, 5) is 23.6. The summed E-state index contributed by atoms with van der Waals surface area (Å²) in [7, 11) is 0. The largest absolute Gasteiger partial charge is 0.298 e. The van der Waals surface area contributed by atoms with Crippen LogP contribution in [-0.4, -0.2) is 38.6 Å². The highest BCUT2D eigenvalue weighted by molar-refractivity contribution is 5.88. The molecule has 0 N–H and O–H groups in total. The number of hydrogen-bond donors (Lipinski definition) is 0. The highest BCUT2D eigenvalue weighted by Crippen LogP contribution is 2.37. The van der Waals surface area contributed by atoms with Crippen molar-refractivity contribution in [1.82, 2.24) is 38.6 Å². The smallest absolute Gasteiger partial charge is 0.145 e. The monoisotopic (exact) mass is 656 g/mol. The summed E-state index contributed by atoms with van der Waals surface area (Å²) < 4.78 is 6.66. The molecule has 0 spiro atoms. The molecule has 0 atom stereocenters. The molecule has 5 heterocycles. The van der Waals surface area contributed by atoms with Gasteiger partial charge in [0.05, 0.1) is 50.2 Å². The molecular weight excluding hydrogens is 629 g/mol. The predicted molar refractivity (Wildman–Crippen MR) is 202 cm³/mol. The van der Waals surface area contributed by atoms with E-state index in [2.05, 4.69) is 115 Å². The second kappa shape index (κ2) is 11.7. The Labute approximate surface area is 292 Å². The van der Waals surface area contributed by atoms with Crippen molar-refractivity contribution in [2.45, 2.75) is 0 Å². The lowest BCUT2D eigenvalue weighted by molar-refractivity contribution is 1.06. The fourth-order valence-electron chi connectivity index (χ4n) is 7.05. The summed E-state index contributed by atoms with van der Waals surface area (Å²) in [5.74, 6) is 1.67. The maximum atomic E-state index is 5.16. The lowest BCUT2D eigenvalue weighted by Crippen LogP contribution is -2.04. The zero-order valence-electron chi connectivity index (χ0n) is 27.2. The van der Waals surface area contributed by atoms with Crippen LogP contribution in [0.1, 0.15) is 0 Å². The van der Waals surface area contributed by atoms with E-state index in [-0.39, 0.29) is 0 Å². The number of nitrogens with zero attached hydrogens (tertiary/aromatic N) is 8. The minimum Gasteiger partial charge on any atom is -0.298 e. The Morgan fingerprint density at radius 2 is 0.902 bits per heavy atom. The first kappa shape index (κ1) is 28.8. The van der Waals surface area contributed by atoms with Gasteiger partial charge in [0.15, 0.2) is 0 Å². The lowest BCUT2D eigenvalue weighted by Gasteiger charge is -2.18. The van der Waals surface area contributed by atoms with Gasteiger partial charge in [-0.2, -0.15) is 0 Å². The van der Waals surface area contributed by atoms with Crippen LogP contribution in [0.2, 0.25) is 0 Å². The minimum atomic E-state index is 0.834. The van der Waals surface area contributed by atoms with Gasteiger partial charge in [0.25, 0.3) is 0 Å². The summed E-state index contributed by atoms with van der Waals surface area (Å²) in [6, 6.07) is 48.1. The van der Waals surface area contributed by atoms with Crippen LogP contribution in [0.25, 0.3) is 84.1 Å². The van der Waals surface area contributed by atoms with Gasteiger partial charge in [0, 0.05) is 41.5 Å². The molecule has 240 valence electrons. The highest BCUT2D eigenvalue weighted by Gasteiger charge is 2.21. The summed E-state index contributed by atoms with van der Waals surface area (Å²) in [5.41, 5.74) is 12.8. The number of aromatic nitrogens is 8. The molecule has 0 amide bonds. The Morgan fingerprint density at radius 3 is 1.49 bits per heavy atom. The van der Waals surface area contributed by atoms with Crippen LogP contribution in [0.4, 0.5) is 0 Å². The number of imidazole rings is 3. The Balaban J connectivity index is 1.30. The molecule has 0 fully saturated rings. The van der Waals surface area contributed by atoms with Crippen molar-refractivity contribution in [3.05, 3.63) is 171 Å². The number of rotatable bonds is 6. The fourth-order valence-corrected chi connectivity index (χ4v) is 7.05. The van der Waals surface area contributed by atoms with Gasteiger partial charge in [-0.1, -0.05) is 54.6 Å². The summed E-state index contributed by atoms with van der Waals surface area (Å²) in [6.07, 6.45) is 9.15. The van der Waals surface area contributed by atoms with Crippen LogP contribution in [-0.2, 0) is 0 Å². The summed E-state index contributed by atoms with van der Waals surface area (Å²) >= 11 is 0. The molecule has 8 heteroatoms. The first-order chi connectivity index (χ1) is 25.3. The molecule has 0 aliphatic heterocycles. The second-order valence-corrected chi connectivity index (χ2v) is 12.3. The normalized spacial score (nSPS) is 11.5. The molecule has 0 bridgehead atoms. The van der Waals surface area contributed by atoms with Crippen molar-refractivity contribution >= 4 is 33.1 Å². The Hall–Kier alpha value is -7.19. The Morgan fingerprint density at radius 1 is 0.412 bits per heavy atom. The number of benzene rings is 5. The molecule has 0 radical (unpaired) electrons. The highest BCUT2D eigenvalue weighted by atomic mass is 15.1. The van der Waals surface area contributed by atoms with Gasteiger partial charge in [-0.3, -0.25) is 23.7 Å². The average Bonchev–Trinajstić information content (AvgIpc) is 3.92. The van der Waals surface area contributed by atoms with Crippen molar-refractivity contribution in [1.29, 1.82) is 0 Å². The number of para-hydroxylation sites is 7. The number of pyridine rings is 2. The maximum absolute atomic E-state index is 5.16. The summed E-state index contributed by atoms with van der Waals surface area (Å²) in [5, 5.41) is 0. The van der Waals surface area contributed by atoms with Gasteiger partial charge >= 0.3 is 0 Å². The van der Waals surface area contributed by atoms with Gasteiger partial charge in [0.1, 0.15) is 18.0 Å². The van der Waals surface area contributed by atoms with Crippen molar-refractivity contribution < 1.29 is 0 Å². The number of hydrogen-bond acceptors (Lipinski definition) is 5. The molecule has 0 aliphatic carbocycles. The molecule has 5 aromatic heterocycles. The first-order valence-electron chi connectivity index (χ1n) is 16.7. The standard InChI is InChI=1S/C43H28N8/c1-5-13-38(49-28-46-35-10-2-6-14-39(35)49)34(9-1)31-25-32(50-40-15-7-3-11-36(40)47-42(50)29-17-21-44-22-18-29)27-33(26-31)51-41-16-8-4-12-37(41)48-43(51)30-19-23-45-24-20-30/h1-28H. The molecular formula is C43H28N8. The third kappa shape index (κ3) is 4.81. The fraction of sp³-hybridized carbons (Fsp3) is 0. The minimum absolute atomic E-state index is 0.834. The zero-order chi connectivity index (χ0) is 33.7. The molecule has 10 rings (SSSR count). The Bertz CT molecular complexity index is 2730. The Kier molecular flexibility index (Phi) is 6.63. The van der Waals surface area contributed by atoms with E-state index < -0.39 is 0 Å². The molecule has 10 aromatic rings. The van der Waals surface area contributed by atoms with Gasteiger partial charge in [-0.25, -0.2) is 15.0 Å². The third-order valence-electron chi connectivity index (χ3n) is 9.35. The summed E-state index contributed by atoms with van der Waals surface area (Å²) in [6.45, 7) is 0. The van der Waals surface area contributed by atoms with Gasteiger partial charge in [0.2, 0.25) is 0 Å². The molecule has 0 aliphatic rings. The zero-order valence-corrected chi connectivity index (χ0v) is 27.2. The lowest BCUT2D eigenvalue weighted by atomic mass is 10.0. The van der Waals surface area contributed by atoms with E-state index >= 15 is 0 Å². The van der Waals surface area contributed by atoms with Crippen LogP contribution in [0.5, 0.6) is 0 Å². The predicted octanol–water partition coefficient (Wildman–Crippen LogP) is 9.49. The molecule has 0 saturated carbocycles. The van der Waals surface area contributed by atoms with Crippen molar-refractivity contribution in [3.8, 4) is 51.0 Å². The van der Waals surface area contributed by atoms with Crippen molar-refractivity contribution in [2.24, 2.45) is 0 Å². The quantitative estimate of drug-likeness (QED) is 0.178. The molecule has 8 nitrogen and oxygen atoms in total. The number of fused-ring (bicyclic) bond motifs is 3. The third-order valence-corrected chi connectivity index (χ3v) is 9.35. The molecule has 0 saturated heterocycles. The molecule has 0 unspecified atom stereocenters. The van der Waals surface area contributed by atoms with Gasteiger partial charge < -0.3 is 0 Å². The van der Waals surface area contributed by atoms with E-state index in [1.165, 1.54) is 0 Å². The van der Waals surface area contributed by atoms with E-state index in [9.17, 15) is 0 Å². The first-order valence-corrected chi connectivity index (χ1v) is 16.7. The van der Waals surface area contributed by atoms with E-state index in [0.29, 0.717) is 0 Å². The van der Waals surface area contributed by atoms with Crippen LogP contribution in [0.15, 0.2) is 171 Å². The molecule has 51 heavy (non-hydrogen) atoms. The van der Waals surface area contributed by atoms with Crippen molar-refractivity contribution in [3.63, 3.8) is 0 Å². The topological polar surface area (TPSA) is 79.2 Å². The van der Waals surface area contributed by atoms with Crippen molar-refractivity contribution in [2.75, 3.05) is 0 Å². The van der Waals surface area contributed by atoms with Gasteiger partial charge in [-0.05, 0) is 90.5 Å². The molecule has 5 aromatic carbocycles. The average molecular weight is 657 g/mol. The van der Waals surface area contributed by atoms with Crippen LogP contribution in [0, 0.1) is 0 Å². The van der Waals surface area contributed by atoms with E-state index in [1.54, 1.807) is 0 Å². The maximum Gasteiger partial charge on any atom is 0.145 e. The van der Waals surface area contributed by atoms with E-state index in [4.69, 9.17) is 15.0 Å². The van der Waals surface area contributed by atoms with E-state index in [0.717, 1.165) is 84.1 Å². The second-order valence-electron chi connectivity index (χ2n) is 12.3.